The summed E-state index contributed by atoms with van der Waals surface area (Å²) < 4.78 is 0. The number of aromatic nitrogens is 1. The molecule has 3 rings (SSSR count). The molecule has 3 heteroatoms. The predicted octanol–water partition coefficient (Wildman–Crippen LogP) is 2.94. The number of anilines is 1. The van der Waals surface area contributed by atoms with Crippen molar-refractivity contribution in [2.45, 2.75) is 31.7 Å². The Morgan fingerprint density at radius 1 is 1.26 bits per heavy atom. The lowest BCUT2D eigenvalue weighted by Gasteiger charge is -2.26. The van der Waals surface area contributed by atoms with Crippen LogP contribution in [0.1, 0.15) is 25.7 Å². The first-order chi connectivity index (χ1) is 9.40. The van der Waals surface area contributed by atoms with Crippen LogP contribution in [-0.2, 0) is 0 Å². The molecular formula is C16H21N3. The Hall–Kier alpha value is -1.61. The minimum absolute atomic E-state index is 0.613. The van der Waals surface area contributed by atoms with Crippen molar-refractivity contribution in [3.63, 3.8) is 0 Å². The van der Waals surface area contributed by atoms with Crippen LogP contribution in [-0.4, -0.2) is 24.1 Å². The van der Waals surface area contributed by atoms with Gasteiger partial charge in [-0.25, -0.2) is 4.98 Å². The Morgan fingerprint density at radius 2 is 2.16 bits per heavy atom. The Kier molecular flexibility index (Phi) is 3.65. The van der Waals surface area contributed by atoms with Crippen LogP contribution < -0.4 is 10.6 Å². The number of benzene rings is 1. The van der Waals surface area contributed by atoms with Crippen LogP contribution in [0.3, 0.4) is 0 Å². The molecule has 0 spiro atoms. The van der Waals surface area contributed by atoms with Gasteiger partial charge in [0, 0.05) is 24.2 Å². The largest absolute Gasteiger partial charge is 0.353 e. The maximum atomic E-state index is 5.65. The van der Waals surface area contributed by atoms with E-state index in [1.165, 1.54) is 30.0 Å². The Morgan fingerprint density at radius 3 is 3.05 bits per heavy atom. The summed E-state index contributed by atoms with van der Waals surface area (Å²) in [5.74, 6) is 1.15. The SMILES string of the molecule is NCCCC1CCCN1c1nccc2ccccc12. The van der Waals surface area contributed by atoms with Crippen LogP contribution in [0.5, 0.6) is 0 Å². The number of nitrogens with two attached hydrogens (primary N) is 1. The fourth-order valence-electron chi connectivity index (χ4n) is 3.10. The highest BCUT2D eigenvalue weighted by Gasteiger charge is 2.26. The zero-order valence-electron chi connectivity index (χ0n) is 11.3. The van der Waals surface area contributed by atoms with Crippen molar-refractivity contribution in [1.82, 2.24) is 4.98 Å². The van der Waals surface area contributed by atoms with Crippen LogP contribution in [0.15, 0.2) is 36.5 Å². The Balaban J connectivity index is 1.94. The number of rotatable bonds is 4. The molecule has 1 atom stereocenters. The van der Waals surface area contributed by atoms with Crippen LogP contribution in [0.4, 0.5) is 5.82 Å². The van der Waals surface area contributed by atoms with E-state index in [4.69, 9.17) is 5.73 Å². The normalized spacial score (nSPS) is 19.2. The van der Waals surface area contributed by atoms with Gasteiger partial charge in [0.2, 0.25) is 0 Å². The van der Waals surface area contributed by atoms with E-state index < -0.39 is 0 Å². The lowest BCUT2D eigenvalue weighted by atomic mass is 10.1. The zero-order chi connectivity index (χ0) is 13.1. The molecule has 2 N–H and O–H groups in total. The lowest BCUT2D eigenvalue weighted by molar-refractivity contribution is 0.583. The van der Waals surface area contributed by atoms with Gasteiger partial charge in [0.15, 0.2) is 0 Å². The Bertz CT molecular complexity index is 547. The zero-order valence-corrected chi connectivity index (χ0v) is 11.3. The number of hydrogen-bond donors (Lipinski definition) is 1. The molecule has 0 radical (unpaired) electrons. The van der Waals surface area contributed by atoms with Gasteiger partial charge in [-0.05, 0) is 43.7 Å². The van der Waals surface area contributed by atoms with Crippen molar-refractivity contribution < 1.29 is 0 Å². The van der Waals surface area contributed by atoms with Gasteiger partial charge in [0.1, 0.15) is 5.82 Å². The molecule has 2 heterocycles. The number of hydrogen-bond acceptors (Lipinski definition) is 3. The molecule has 2 aromatic rings. The van der Waals surface area contributed by atoms with Crippen molar-refractivity contribution in [3.05, 3.63) is 36.5 Å². The van der Waals surface area contributed by atoms with Crippen molar-refractivity contribution in [2.75, 3.05) is 18.0 Å². The third-order valence-corrected chi connectivity index (χ3v) is 4.04. The maximum absolute atomic E-state index is 5.65. The molecular weight excluding hydrogens is 234 g/mol. The summed E-state index contributed by atoms with van der Waals surface area (Å²) in [6.07, 6.45) is 6.74. The third-order valence-electron chi connectivity index (χ3n) is 4.04. The van der Waals surface area contributed by atoms with E-state index in [0.717, 1.165) is 25.3 Å². The second kappa shape index (κ2) is 5.57. The number of pyridine rings is 1. The average Bonchev–Trinajstić information content (AvgIpc) is 2.92. The third kappa shape index (κ3) is 2.43. The summed E-state index contributed by atoms with van der Waals surface area (Å²) >= 11 is 0. The molecule has 1 aromatic carbocycles. The molecule has 1 unspecified atom stereocenters. The highest BCUT2D eigenvalue weighted by molar-refractivity contribution is 5.92. The molecule has 1 aliphatic rings. The first kappa shape index (κ1) is 12.4. The summed E-state index contributed by atoms with van der Waals surface area (Å²) in [5.41, 5.74) is 5.65. The van der Waals surface area contributed by atoms with Crippen molar-refractivity contribution in [3.8, 4) is 0 Å². The molecule has 100 valence electrons. The monoisotopic (exact) mass is 255 g/mol. The van der Waals surface area contributed by atoms with Crippen LogP contribution in [0.25, 0.3) is 10.8 Å². The Labute approximate surface area is 114 Å². The molecule has 0 amide bonds. The predicted molar refractivity (Wildman–Crippen MR) is 80.4 cm³/mol. The van der Waals surface area contributed by atoms with Gasteiger partial charge in [0.25, 0.3) is 0 Å². The molecule has 19 heavy (non-hydrogen) atoms. The van der Waals surface area contributed by atoms with Gasteiger partial charge in [-0.15, -0.1) is 0 Å². The quantitative estimate of drug-likeness (QED) is 0.913. The molecule has 3 nitrogen and oxygen atoms in total. The van der Waals surface area contributed by atoms with Crippen molar-refractivity contribution in [1.29, 1.82) is 0 Å². The van der Waals surface area contributed by atoms with Crippen LogP contribution in [0, 0.1) is 0 Å². The summed E-state index contributed by atoms with van der Waals surface area (Å²) in [7, 11) is 0. The van der Waals surface area contributed by atoms with E-state index in [1.54, 1.807) is 0 Å². The summed E-state index contributed by atoms with van der Waals surface area (Å²) in [5, 5.41) is 2.54. The average molecular weight is 255 g/mol. The van der Waals surface area contributed by atoms with E-state index in [1.807, 2.05) is 6.20 Å². The van der Waals surface area contributed by atoms with Gasteiger partial charge in [0.05, 0.1) is 0 Å². The van der Waals surface area contributed by atoms with E-state index in [9.17, 15) is 0 Å². The van der Waals surface area contributed by atoms with Crippen molar-refractivity contribution >= 4 is 16.6 Å². The molecule has 1 aromatic heterocycles. The standard InChI is InChI=1S/C16H21N3/c17-10-3-6-14-7-4-12-19(14)16-15-8-2-1-5-13(15)9-11-18-16/h1-2,5,8-9,11,14H,3-4,6-7,10,12,17H2. The van der Waals surface area contributed by atoms with Gasteiger partial charge in [-0.2, -0.15) is 0 Å². The number of fused-ring (bicyclic) bond motifs is 1. The van der Waals surface area contributed by atoms with Crippen LogP contribution >= 0.6 is 0 Å². The summed E-state index contributed by atoms with van der Waals surface area (Å²) in [6, 6.07) is 11.2. The molecule has 0 bridgehead atoms. The minimum atomic E-state index is 0.613. The molecule has 1 saturated heterocycles. The van der Waals surface area contributed by atoms with E-state index in [2.05, 4.69) is 40.2 Å². The molecule has 0 saturated carbocycles. The smallest absolute Gasteiger partial charge is 0.136 e. The van der Waals surface area contributed by atoms with Crippen LogP contribution in [0.2, 0.25) is 0 Å². The van der Waals surface area contributed by atoms with Gasteiger partial charge >= 0.3 is 0 Å². The highest BCUT2D eigenvalue weighted by Crippen LogP contribution is 2.31. The fourth-order valence-corrected chi connectivity index (χ4v) is 3.10. The van der Waals surface area contributed by atoms with Gasteiger partial charge in [-0.1, -0.05) is 24.3 Å². The van der Waals surface area contributed by atoms with E-state index in [0.29, 0.717) is 6.04 Å². The van der Waals surface area contributed by atoms with Gasteiger partial charge in [-0.3, -0.25) is 0 Å². The first-order valence-corrected chi connectivity index (χ1v) is 7.20. The second-order valence-corrected chi connectivity index (χ2v) is 5.28. The van der Waals surface area contributed by atoms with Gasteiger partial charge < -0.3 is 10.6 Å². The first-order valence-electron chi connectivity index (χ1n) is 7.20. The van der Waals surface area contributed by atoms with E-state index >= 15 is 0 Å². The highest BCUT2D eigenvalue weighted by atomic mass is 15.2. The minimum Gasteiger partial charge on any atom is -0.353 e. The number of nitrogens with zero attached hydrogens (tertiary/aromatic N) is 2. The van der Waals surface area contributed by atoms with E-state index in [-0.39, 0.29) is 0 Å². The molecule has 1 aliphatic heterocycles. The van der Waals surface area contributed by atoms with Crippen molar-refractivity contribution in [2.24, 2.45) is 5.73 Å². The second-order valence-electron chi connectivity index (χ2n) is 5.28. The summed E-state index contributed by atoms with van der Waals surface area (Å²) in [6.45, 7) is 1.91. The maximum Gasteiger partial charge on any atom is 0.136 e. The molecule has 0 aliphatic carbocycles. The lowest BCUT2D eigenvalue weighted by Crippen LogP contribution is -2.30. The topological polar surface area (TPSA) is 42.1 Å². The molecule has 1 fully saturated rings. The fraction of sp³-hybridized carbons (Fsp3) is 0.438. The summed E-state index contributed by atoms with van der Waals surface area (Å²) in [4.78, 5) is 7.13.